The van der Waals surface area contributed by atoms with Crippen LogP contribution in [0.15, 0.2) is 54.6 Å². The lowest BCUT2D eigenvalue weighted by Gasteiger charge is -2.38. The molecule has 134 valence electrons. The minimum atomic E-state index is -0.992. The van der Waals surface area contributed by atoms with Crippen LogP contribution in [0.3, 0.4) is 0 Å². The van der Waals surface area contributed by atoms with Crippen molar-refractivity contribution in [3.63, 3.8) is 0 Å². The van der Waals surface area contributed by atoms with Crippen molar-refractivity contribution in [1.82, 2.24) is 0 Å². The van der Waals surface area contributed by atoms with Gasteiger partial charge < -0.3 is 5.11 Å². The Morgan fingerprint density at radius 1 is 1.00 bits per heavy atom. The summed E-state index contributed by atoms with van der Waals surface area (Å²) >= 11 is 2.26. The molecule has 0 aliphatic rings. The molecule has 2 unspecified atom stereocenters. The molecule has 0 fully saturated rings. The maximum atomic E-state index is 12.7. The molecule has 1 N–H and O–H groups in total. The highest BCUT2D eigenvalue weighted by molar-refractivity contribution is 14.1. The van der Waals surface area contributed by atoms with E-state index in [0.717, 1.165) is 46.8 Å². The molecule has 0 saturated heterocycles. The molecule has 0 aliphatic heterocycles. The lowest BCUT2D eigenvalue weighted by atomic mass is 9.63. The first-order valence-corrected chi connectivity index (χ1v) is 10.2. The number of rotatable bonds is 9. The van der Waals surface area contributed by atoms with Crippen molar-refractivity contribution in [2.45, 2.75) is 51.4 Å². The number of hydrogen-bond acceptors (Lipinski definition) is 1. The highest BCUT2D eigenvalue weighted by Gasteiger charge is 2.47. The topological polar surface area (TPSA) is 37.3 Å². The van der Waals surface area contributed by atoms with Crippen LogP contribution in [0, 0.1) is 9.49 Å². The molecular formula is C22H27IO2. The maximum absolute atomic E-state index is 12.7. The second-order valence-electron chi connectivity index (χ2n) is 6.59. The van der Waals surface area contributed by atoms with Gasteiger partial charge in [-0.3, -0.25) is 4.79 Å². The Labute approximate surface area is 164 Å². The van der Waals surface area contributed by atoms with Crippen molar-refractivity contribution in [3.8, 4) is 0 Å². The average molecular weight is 450 g/mol. The van der Waals surface area contributed by atoms with Gasteiger partial charge in [-0.15, -0.1) is 0 Å². The fourth-order valence-corrected chi connectivity index (χ4v) is 4.20. The van der Waals surface area contributed by atoms with Gasteiger partial charge in [0.05, 0.1) is 0 Å². The maximum Gasteiger partial charge on any atom is 0.318 e. The summed E-state index contributed by atoms with van der Waals surface area (Å²) in [5.41, 5.74) is 0.774. The third-order valence-electron chi connectivity index (χ3n) is 5.13. The number of halogens is 1. The highest BCUT2D eigenvalue weighted by atomic mass is 127. The summed E-state index contributed by atoms with van der Waals surface area (Å²) in [4.78, 5) is 12.7. The molecule has 2 aromatic carbocycles. The van der Waals surface area contributed by atoms with Crippen molar-refractivity contribution >= 4 is 28.6 Å². The number of unbranched alkanes of at least 4 members (excludes halogenated alkanes) is 2. The molecule has 0 aromatic heterocycles. The van der Waals surface area contributed by atoms with Crippen LogP contribution in [0.4, 0.5) is 0 Å². The molecule has 0 radical (unpaired) electrons. The zero-order valence-electron chi connectivity index (χ0n) is 15.0. The van der Waals surface area contributed by atoms with E-state index >= 15 is 0 Å². The van der Waals surface area contributed by atoms with Gasteiger partial charge in [0.25, 0.3) is 0 Å². The van der Waals surface area contributed by atoms with Crippen molar-refractivity contribution < 1.29 is 9.90 Å². The standard InChI is InChI=1S/C22H27IO2/c1-3-5-7-10-17(4-2)22(21(24)25,18-11-8-6-9-12-18)19-13-15-20(23)16-14-19/h6,8-9,11-17H,3-5,7,10H2,1-2H3,(H,24,25). The Hall–Kier alpha value is -1.36. The molecule has 0 amide bonds. The van der Waals surface area contributed by atoms with Gasteiger partial charge in [-0.1, -0.05) is 82.0 Å². The molecule has 0 aliphatic carbocycles. The summed E-state index contributed by atoms with van der Waals surface area (Å²) in [5, 5.41) is 10.5. The lowest BCUT2D eigenvalue weighted by Crippen LogP contribution is -2.44. The van der Waals surface area contributed by atoms with Gasteiger partial charge in [0.2, 0.25) is 0 Å². The third-order valence-corrected chi connectivity index (χ3v) is 5.85. The van der Waals surface area contributed by atoms with Crippen molar-refractivity contribution in [2.24, 2.45) is 5.92 Å². The summed E-state index contributed by atoms with van der Waals surface area (Å²) in [6.45, 7) is 4.30. The fourth-order valence-electron chi connectivity index (χ4n) is 3.84. The van der Waals surface area contributed by atoms with Crippen LogP contribution in [-0.4, -0.2) is 11.1 Å². The highest BCUT2D eigenvalue weighted by Crippen LogP contribution is 2.44. The molecule has 0 heterocycles. The minimum Gasteiger partial charge on any atom is -0.480 e. The van der Waals surface area contributed by atoms with Gasteiger partial charge in [-0.2, -0.15) is 0 Å². The number of carboxylic acids is 1. The zero-order valence-corrected chi connectivity index (χ0v) is 17.2. The number of aliphatic carboxylic acids is 1. The van der Waals surface area contributed by atoms with Crippen LogP contribution in [-0.2, 0) is 10.2 Å². The van der Waals surface area contributed by atoms with E-state index in [4.69, 9.17) is 0 Å². The normalized spacial score (nSPS) is 14.7. The van der Waals surface area contributed by atoms with Crippen LogP contribution < -0.4 is 0 Å². The Morgan fingerprint density at radius 2 is 1.60 bits per heavy atom. The van der Waals surface area contributed by atoms with Crippen LogP contribution in [0.1, 0.15) is 57.1 Å². The number of benzene rings is 2. The van der Waals surface area contributed by atoms with Crippen molar-refractivity contribution in [2.75, 3.05) is 0 Å². The Kier molecular flexibility index (Phi) is 7.48. The quantitative estimate of drug-likeness (QED) is 0.361. The Bertz CT molecular complexity index is 666. The monoisotopic (exact) mass is 450 g/mol. The average Bonchev–Trinajstić information content (AvgIpc) is 2.63. The van der Waals surface area contributed by atoms with Gasteiger partial charge in [0, 0.05) is 3.57 Å². The number of hydrogen-bond donors (Lipinski definition) is 1. The van der Waals surface area contributed by atoms with Gasteiger partial charge >= 0.3 is 5.97 Å². The van der Waals surface area contributed by atoms with E-state index in [-0.39, 0.29) is 5.92 Å². The fraction of sp³-hybridized carbons (Fsp3) is 0.409. The van der Waals surface area contributed by atoms with E-state index in [1.807, 2.05) is 54.6 Å². The lowest BCUT2D eigenvalue weighted by molar-refractivity contribution is -0.144. The summed E-state index contributed by atoms with van der Waals surface area (Å²) in [6, 6.07) is 17.8. The van der Waals surface area contributed by atoms with Crippen molar-refractivity contribution in [3.05, 3.63) is 69.3 Å². The predicted octanol–water partition coefficient (Wildman–Crippen LogP) is 6.27. The van der Waals surface area contributed by atoms with Crippen LogP contribution in [0.5, 0.6) is 0 Å². The third kappa shape index (κ3) is 4.25. The largest absolute Gasteiger partial charge is 0.480 e. The van der Waals surface area contributed by atoms with E-state index in [9.17, 15) is 9.90 Å². The van der Waals surface area contributed by atoms with E-state index < -0.39 is 11.4 Å². The van der Waals surface area contributed by atoms with Crippen molar-refractivity contribution in [1.29, 1.82) is 0 Å². The smallest absolute Gasteiger partial charge is 0.318 e. The molecule has 3 heteroatoms. The van der Waals surface area contributed by atoms with Crippen LogP contribution >= 0.6 is 22.6 Å². The van der Waals surface area contributed by atoms with E-state index in [2.05, 4.69) is 36.4 Å². The van der Waals surface area contributed by atoms with Crippen LogP contribution in [0.2, 0.25) is 0 Å². The van der Waals surface area contributed by atoms with E-state index in [1.165, 1.54) is 0 Å². The van der Waals surface area contributed by atoms with Crippen LogP contribution in [0.25, 0.3) is 0 Å². The molecule has 2 aromatic rings. The summed E-state index contributed by atoms with van der Waals surface area (Å²) in [6.07, 6.45) is 5.13. The molecule has 2 rings (SSSR count). The molecule has 2 atom stereocenters. The van der Waals surface area contributed by atoms with E-state index in [0.29, 0.717) is 0 Å². The molecule has 0 saturated carbocycles. The van der Waals surface area contributed by atoms with Gasteiger partial charge in [0.1, 0.15) is 5.41 Å². The molecular weight excluding hydrogens is 423 g/mol. The first-order valence-electron chi connectivity index (χ1n) is 9.12. The number of carbonyl (C=O) groups is 1. The first kappa shape index (κ1) is 20.0. The minimum absolute atomic E-state index is 0.0685. The van der Waals surface area contributed by atoms with Gasteiger partial charge in [-0.05, 0) is 58.2 Å². The summed E-state index contributed by atoms with van der Waals surface area (Å²) in [7, 11) is 0. The van der Waals surface area contributed by atoms with E-state index in [1.54, 1.807) is 0 Å². The summed E-state index contributed by atoms with van der Waals surface area (Å²) < 4.78 is 1.12. The molecule has 0 bridgehead atoms. The summed E-state index contributed by atoms with van der Waals surface area (Å²) in [5.74, 6) is -0.678. The number of carboxylic acid groups (broad SMARTS) is 1. The Morgan fingerprint density at radius 3 is 2.12 bits per heavy atom. The zero-order chi connectivity index (χ0) is 18.3. The Balaban J connectivity index is 2.62. The molecule has 0 spiro atoms. The molecule has 2 nitrogen and oxygen atoms in total. The SMILES string of the molecule is CCCCCC(CC)C(C(=O)O)(c1ccccc1)c1ccc(I)cc1. The predicted molar refractivity (Wildman–Crippen MR) is 112 cm³/mol. The second kappa shape index (κ2) is 9.37. The first-order chi connectivity index (χ1) is 12.1. The van der Waals surface area contributed by atoms with Gasteiger partial charge in [-0.25, -0.2) is 0 Å². The molecule has 25 heavy (non-hydrogen) atoms. The van der Waals surface area contributed by atoms with Gasteiger partial charge in [0.15, 0.2) is 0 Å². The second-order valence-corrected chi connectivity index (χ2v) is 7.83.